The standard InChI is InChI=1S/C11H9F7O/c12-7-8(19-6-4-2-1-3-5-6)10(15,16)11(17,18)9(7,13)14/h4H,1-3,5H2. The summed E-state index contributed by atoms with van der Waals surface area (Å²) >= 11 is 0. The fourth-order valence-corrected chi connectivity index (χ4v) is 1.90. The lowest BCUT2D eigenvalue weighted by Gasteiger charge is -2.24. The maximum Gasteiger partial charge on any atom is 0.386 e. The normalized spacial score (nSPS) is 28.3. The SMILES string of the molecule is FC1=C(OC2=CCCCC2)C(F)(F)C(F)(F)C1(F)F. The molecule has 0 N–H and O–H groups in total. The van der Waals surface area contributed by atoms with E-state index >= 15 is 0 Å². The van der Waals surface area contributed by atoms with Crippen LogP contribution in [0, 0.1) is 0 Å². The van der Waals surface area contributed by atoms with Crippen LogP contribution in [0.1, 0.15) is 25.7 Å². The number of rotatable bonds is 2. The highest BCUT2D eigenvalue weighted by atomic mass is 19.3. The van der Waals surface area contributed by atoms with Crippen molar-refractivity contribution in [3.05, 3.63) is 23.4 Å². The lowest BCUT2D eigenvalue weighted by Crippen LogP contribution is -2.49. The molecule has 0 saturated carbocycles. The highest BCUT2D eigenvalue weighted by molar-refractivity contribution is 5.34. The van der Waals surface area contributed by atoms with E-state index in [1.54, 1.807) is 0 Å². The van der Waals surface area contributed by atoms with E-state index in [2.05, 4.69) is 4.74 Å². The van der Waals surface area contributed by atoms with Crippen molar-refractivity contribution in [3.63, 3.8) is 0 Å². The van der Waals surface area contributed by atoms with Crippen molar-refractivity contribution in [2.75, 3.05) is 0 Å². The van der Waals surface area contributed by atoms with Crippen molar-refractivity contribution in [2.24, 2.45) is 0 Å². The Morgan fingerprint density at radius 2 is 1.58 bits per heavy atom. The van der Waals surface area contributed by atoms with Crippen LogP contribution in [0.3, 0.4) is 0 Å². The third kappa shape index (κ3) is 1.83. The van der Waals surface area contributed by atoms with Crippen LogP contribution in [0.5, 0.6) is 0 Å². The van der Waals surface area contributed by atoms with E-state index in [0.29, 0.717) is 12.8 Å². The molecule has 0 saturated heterocycles. The Morgan fingerprint density at radius 1 is 0.947 bits per heavy atom. The molecule has 0 amide bonds. The van der Waals surface area contributed by atoms with Gasteiger partial charge in [0.2, 0.25) is 11.6 Å². The van der Waals surface area contributed by atoms with Gasteiger partial charge in [-0.2, -0.15) is 26.3 Å². The summed E-state index contributed by atoms with van der Waals surface area (Å²) in [5.41, 5.74) is 0. The Kier molecular flexibility index (Phi) is 3.10. The second kappa shape index (κ2) is 4.14. The van der Waals surface area contributed by atoms with Crippen LogP contribution < -0.4 is 0 Å². The predicted octanol–water partition coefficient (Wildman–Crippen LogP) is 4.56. The van der Waals surface area contributed by atoms with E-state index in [4.69, 9.17) is 0 Å². The second-order valence-electron chi connectivity index (χ2n) is 4.38. The zero-order valence-electron chi connectivity index (χ0n) is 9.46. The molecule has 0 heterocycles. The van der Waals surface area contributed by atoms with Gasteiger partial charge in [-0.1, -0.05) is 0 Å². The van der Waals surface area contributed by atoms with Gasteiger partial charge in [-0.15, -0.1) is 0 Å². The molecule has 0 aromatic rings. The van der Waals surface area contributed by atoms with Crippen molar-refractivity contribution in [2.45, 2.75) is 43.5 Å². The number of hydrogen-bond donors (Lipinski definition) is 0. The molecular formula is C11H9F7O. The van der Waals surface area contributed by atoms with Crippen LogP contribution in [0.2, 0.25) is 0 Å². The van der Waals surface area contributed by atoms with Gasteiger partial charge in [0, 0.05) is 6.42 Å². The van der Waals surface area contributed by atoms with Crippen molar-refractivity contribution in [1.82, 2.24) is 0 Å². The van der Waals surface area contributed by atoms with Crippen LogP contribution in [0.4, 0.5) is 30.7 Å². The number of halogens is 7. The topological polar surface area (TPSA) is 9.23 Å². The zero-order chi connectivity index (χ0) is 14.5. The van der Waals surface area contributed by atoms with Crippen LogP contribution in [-0.2, 0) is 4.74 Å². The fourth-order valence-electron chi connectivity index (χ4n) is 1.90. The van der Waals surface area contributed by atoms with Gasteiger partial charge in [-0.3, -0.25) is 0 Å². The van der Waals surface area contributed by atoms with Crippen molar-refractivity contribution in [1.29, 1.82) is 0 Å². The Hall–Kier alpha value is -1.21. The van der Waals surface area contributed by atoms with Gasteiger partial charge in [0.25, 0.3) is 0 Å². The predicted molar refractivity (Wildman–Crippen MR) is 50.6 cm³/mol. The summed E-state index contributed by atoms with van der Waals surface area (Å²) in [6, 6.07) is 0. The quantitative estimate of drug-likeness (QED) is 0.677. The van der Waals surface area contributed by atoms with Gasteiger partial charge < -0.3 is 4.74 Å². The molecule has 1 nitrogen and oxygen atoms in total. The lowest BCUT2D eigenvalue weighted by atomic mass is 10.1. The first-order chi connectivity index (χ1) is 8.62. The van der Waals surface area contributed by atoms with E-state index in [1.165, 1.54) is 6.08 Å². The average molecular weight is 290 g/mol. The average Bonchev–Trinajstić information content (AvgIpc) is 2.42. The molecule has 2 aliphatic rings. The highest BCUT2D eigenvalue weighted by Crippen LogP contribution is 2.60. The third-order valence-corrected chi connectivity index (χ3v) is 3.03. The molecule has 0 bridgehead atoms. The summed E-state index contributed by atoms with van der Waals surface area (Å²) in [7, 11) is 0. The molecule has 0 unspecified atom stereocenters. The maximum absolute atomic E-state index is 13.2. The van der Waals surface area contributed by atoms with E-state index in [9.17, 15) is 30.7 Å². The molecule has 108 valence electrons. The molecule has 2 rings (SSSR count). The molecule has 0 fully saturated rings. The van der Waals surface area contributed by atoms with Crippen LogP contribution in [0.15, 0.2) is 23.4 Å². The minimum atomic E-state index is -5.84. The van der Waals surface area contributed by atoms with E-state index < -0.39 is 29.4 Å². The third-order valence-electron chi connectivity index (χ3n) is 3.03. The lowest BCUT2D eigenvalue weighted by molar-refractivity contribution is -0.273. The van der Waals surface area contributed by atoms with Crippen LogP contribution in [-0.4, -0.2) is 17.8 Å². The summed E-state index contributed by atoms with van der Waals surface area (Å²) in [6.45, 7) is 0. The summed E-state index contributed by atoms with van der Waals surface area (Å²) in [5.74, 6) is -22.2. The molecule has 0 atom stereocenters. The van der Waals surface area contributed by atoms with E-state index in [-0.39, 0.29) is 12.2 Å². The fraction of sp³-hybridized carbons (Fsp3) is 0.636. The molecule has 0 aliphatic heterocycles. The smallest absolute Gasteiger partial charge is 0.386 e. The largest absolute Gasteiger partial charge is 0.457 e. The summed E-state index contributed by atoms with van der Waals surface area (Å²) in [5, 5.41) is 0. The molecule has 19 heavy (non-hydrogen) atoms. The first-order valence-electron chi connectivity index (χ1n) is 5.53. The minimum Gasteiger partial charge on any atom is -0.457 e. The Labute approximate surface area is 103 Å². The Bertz CT molecular complexity index is 450. The van der Waals surface area contributed by atoms with Gasteiger partial charge in [0.05, 0.1) is 0 Å². The maximum atomic E-state index is 13.2. The first-order valence-corrected chi connectivity index (χ1v) is 5.53. The number of alkyl halides is 6. The monoisotopic (exact) mass is 290 g/mol. The van der Waals surface area contributed by atoms with Crippen LogP contribution >= 0.6 is 0 Å². The zero-order valence-corrected chi connectivity index (χ0v) is 9.46. The summed E-state index contributed by atoms with van der Waals surface area (Å²) in [4.78, 5) is 0. The van der Waals surface area contributed by atoms with Gasteiger partial charge in [0.1, 0.15) is 5.76 Å². The Morgan fingerprint density at radius 3 is 2.00 bits per heavy atom. The molecule has 2 aliphatic carbocycles. The van der Waals surface area contributed by atoms with Crippen LogP contribution in [0.25, 0.3) is 0 Å². The summed E-state index contributed by atoms with van der Waals surface area (Å²) in [6.07, 6.45) is 3.11. The molecule has 0 radical (unpaired) electrons. The summed E-state index contributed by atoms with van der Waals surface area (Å²) < 4.78 is 95.3. The number of ether oxygens (including phenoxy) is 1. The van der Waals surface area contributed by atoms with Crippen molar-refractivity contribution >= 4 is 0 Å². The molecule has 0 aromatic carbocycles. The molecule has 0 aromatic heterocycles. The van der Waals surface area contributed by atoms with Gasteiger partial charge in [-0.25, -0.2) is 4.39 Å². The van der Waals surface area contributed by atoms with Gasteiger partial charge in [-0.05, 0) is 25.3 Å². The minimum absolute atomic E-state index is 0.115. The molecule has 8 heteroatoms. The number of hydrogen-bond acceptors (Lipinski definition) is 1. The Balaban J connectivity index is 2.38. The van der Waals surface area contributed by atoms with Crippen molar-refractivity contribution in [3.8, 4) is 0 Å². The van der Waals surface area contributed by atoms with Crippen molar-refractivity contribution < 1.29 is 35.5 Å². The second-order valence-corrected chi connectivity index (χ2v) is 4.38. The van der Waals surface area contributed by atoms with Gasteiger partial charge in [0.15, 0.2) is 0 Å². The van der Waals surface area contributed by atoms with E-state index in [0.717, 1.165) is 6.42 Å². The highest BCUT2D eigenvalue weighted by Gasteiger charge is 2.82. The first kappa shape index (κ1) is 14.2. The van der Waals surface area contributed by atoms with E-state index in [1.807, 2.05) is 0 Å². The number of allylic oxidation sites excluding steroid dienone is 4. The molecule has 0 spiro atoms. The molecular weight excluding hydrogens is 281 g/mol. The van der Waals surface area contributed by atoms with Gasteiger partial charge >= 0.3 is 17.8 Å².